The Kier molecular flexibility index (Phi) is 5.34. The van der Waals surface area contributed by atoms with Crippen LogP contribution in [0.2, 0.25) is 0 Å². The van der Waals surface area contributed by atoms with Crippen molar-refractivity contribution in [3.05, 3.63) is 45.3 Å². The number of hydrogen-bond acceptors (Lipinski definition) is 6. The molecule has 0 fully saturated rings. The van der Waals surface area contributed by atoms with Crippen molar-refractivity contribution >= 4 is 34.4 Å². The van der Waals surface area contributed by atoms with E-state index in [0.29, 0.717) is 34.5 Å². The molecule has 9 heteroatoms. The minimum atomic E-state index is 0.361. The van der Waals surface area contributed by atoms with Crippen molar-refractivity contribution in [2.45, 2.75) is 6.92 Å². The van der Waals surface area contributed by atoms with Gasteiger partial charge in [0.1, 0.15) is 0 Å². The highest BCUT2D eigenvalue weighted by Crippen LogP contribution is 2.36. The predicted octanol–water partition coefficient (Wildman–Crippen LogP) is 4.25. The molecule has 2 heterocycles. The van der Waals surface area contributed by atoms with Crippen LogP contribution >= 0.6 is 28.1 Å². The van der Waals surface area contributed by atoms with E-state index in [1.807, 2.05) is 19.1 Å². The van der Waals surface area contributed by atoms with Gasteiger partial charge in [0.15, 0.2) is 17.3 Å². The van der Waals surface area contributed by atoms with Crippen LogP contribution in [0.25, 0.3) is 11.6 Å². The zero-order valence-corrected chi connectivity index (χ0v) is 15.9. The summed E-state index contributed by atoms with van der Waals surface area (Å²) >= 11 is 8.72. The van der Waals surface area contributed by atoms with Gasteiger partial charge in [-0.1, -0.05) is 0 Å². The highest BCUT2D eigenvalue weighted by atomic mass is 79.9. The molecular formula is C16H15BrN4O3S. The number of aromatic amines is 1. The fourth-order valence-corrected chi connectivity index (χ4v) is 2.94. The first-order chi connectivity index (χ1) is 12.1. The number of nitrogens with zero attached hydrogens (tertiary/aromatic N) is 3. The Morgan fingerprint density at radius 2 is 2.32 bits per heavy atom. The smallest absolute Gasteiger partial charge is 0.219 e. The van der Waals surface area contributed by atoms with Gasteiger partial charge in [0.2, 0.25) is 10.6 Å². The molecule has 130 valence electrons. The average molecular weight is 423 g/mol. The monoisotopic (exact) mass is 422 g/mol. The lowest BCUT2D eigenvalue weighted by molar-refractivity contribution is 0.309. The summed E-state index contributed by atoms with van der Waals surface area (Å²) in [6.45, 7) is 2.46. The van der Waals surface area contributed by atoms with Crippen molar-refractivity contribution < 1.29 is 13.9 Å². The second-order valence-electron chi connectivity index (χ2n) is 4.85. The van der Waals surface area contributed by atoms with Gasteiger partial charge in [-0.25, -0.2) is 5.10 Å². The predicted molar refractivity (Wildman–Crippen MR) is 100.0 cm³/mol. The van der Waals surface area contributed by atoms with Gasteiger partial charge in [-0.2, -0.15) is 9.78 Å². The van der Waals surface area contributed by atoms with Crippen LogP contribution < -0.4 is 9.47 Å². The molecule has 1 aromatic carbocycles. The second kappa shape index (κ2) is 7.66. The lowest BCUT2D eigenvalue weighted by Gasteiger charge is -2.11. The van der Waals surface area contributed by atoms with Crippen LogP contribution in [0.3, 0.4) is 0 Å². The van der Waals surface area contributed by atoms with Gasteiger partial charge in [-0.15, -0.1) is 5.10 Å². The zero-order valence-electron chi connectivity index (χ0n) is 13.5. The largest absolute Gasteiger partial charge is 0.493 e. The summed E-state index contributed by atoms with van der Waals surface area (Å²) in [7, 11) is 1.59. The van der Waals surface area contributed by atoms with Crippen LogP contribution in [0, 0.1) is 4.77 Å². The number of hydrogen-bond donors (Lipinski definition) is 1. The number of furan rings is 1. The number of benzene rings is 1. The highest BCUT2D eigenvalue weighted by Gasteiger charge is 2.12. The molecule has 0 aliphatic rings. The Hall–Kier alpha value is -2.39. The molecular weight excluding hydrogens is 408 g/mol. The van der Waals surface area contributed by atoms with E-state index >= 15 is 0 Å². The summed E-state index contributed by atoms with van der Waals surface area (Å²) in [6.07, 6.45) is 3.22. The third-order valence-electron chi connectivity index (χ3n) is 3.25. The Morgan fingerprint density at radius 1 is 1.48 bits per heavy atom. The fraction of sp³-hybridized carbons (Fsp3) is 0.188. The SMILES string of the molecule is CCOc1c(Br)cc(/C=N\n2c(-c3ccco3)n[nH]c2=S)cc1OC. The van der Waals surface area contributed by atoms with Gasteiger partial charge < -0.3 is 13.9 Å². The van der Waals surface area contributed by atoms with Gasteiger partial charge in [0.25, 0.3) is 0 Å². The van der Waals surface area contributed by atoms with E-state index in [-0.39, 0.29) is 0 Å². The molecule has 2 aromatic heterocycles. The number of halogens is 1. The van der Waals surface area contributed by atoms with E-state index < -0.39 is 0 Å². The minimum Gasteiger partial charge on any atom is -0.493 e. The molecule has 0 bridgehead atoms. The van der Waals surface area contributed by atoms with E-state index in [1.54, 1.807) is 31.7 Å². The Bertz CT molecular complexity index is 947. The summed E-state index contributed by atoms with van der Waals surface area (Å²) in [4.78, 5) is 0. The van der Waals surface area contributed by atoms with E-state index in [0.717, 1.165) is 10.0 Å². The summed E-state index contributed by atoms with van der Waals surface area (Å²) in [5.74, 6) is 2.32. The summed E-state index contributed by atoms with van der Waals surface area (Å²) in [6, 6.07) is 7.27. The van der Waals surface area contributed by atoms with Crippen LogP contribution in [0.1, 0.15) is 12.5 Å². The first-order valence-electron chi connectivity index (χ1n) is 7.40. The topological polar surface area (TPSA) is 77.6 Å². The number of aromatic nitrogens is 3. The normalized spacial score (nSPS) is 11.2. The van der Waals surface area contributed by atoms with Crippen LogP contribution in [-0.4, -0.2) is 34.8 Å². The van der Waals surface area contributed by atoms with Crippen LogP contribution in [0.4, 0.5) is 0 Å². The molecule has 0 aliphatic carbocycles. The number of rotatable bonds is 6. The van der Waals surface area contributed by atoms with E-state index in [1.165, 1.54) is 4.68 Å². The number of nitrogens with one attached hydrogen (secondary N) is 1. The van der Waals surface area contributed by atoms with Crippen molar-refractivity contribution in [3.8, 4) is 23.1 Å². The lowest BCUT2D eigenvalue weighted by Crippen LogP contribution is -1.99. The van der Waals surface area contributed by atoms with E-state index in [2.05, 4.69) is 31.2 Å². The molecule has 3 rings (SSSR count). The van der Waals surface area contributed by atoms with Gasteiger partial charge >= 0.3 is 0 Å². The standard InChI is InChI=1S/C16H15BrN4O3S/c1-3-23-14-11(17)7-10(8-13(14)22-2)9-18-21-15(19-20-16(21)25)12-5-4-6-24-12/h4-9H,3H2,1-2H3,(H,20,25)/b18-9-. The zero-order chi connectivity index (χ0) is 17.8. The summed E-state index contributed by atoms with van der Waals surface area (Å²) in [5, 5.41) is 11.3. The lowest BCUT2D eigenvalue weighted by atomic mass is 10.2. The Labute approximate surface area is 157 Å². The molecule has 25 heavy (non-hydrogen) atoms. The molecule has 0 unspecified atom stereocenters. The molecule has 7 nitrogen and oxygen atoms in total. The Balaban J connectivity index is 1.97. The first kappa shape index (κ1) is 17.4. The van der Waals surface area contributed by atoms with E-state index in [9.17, 15) is 0 Å². The molecule has 0 aliphatic heterocycles. The third-order valence-corrected chi connectivity index (χ3v) is 4.11. The van der Waals surface area contributed by atoms with Gasteiger partial charge in [0, 0.05) is 0 Å². The van der Waals surface area contributed by atoms with Crippen molar-refractivity contribution in [1.29, 1.82) is 0 Å². The quantitative estimate of drug-likeness (QED) is 0.474. The fourth-order valence-electron chi connectivity index (χ4n) is 2.19. The van der Waals surface area contributed by atoms with Crippen LogP contribution in [0.15, 0.2) is 44.5 Å². The van der Waals surface area contributed by atoms with Crippen molar-refractivity contribution in [3.63, 3.8) is 0 Å². The molecule has 0 saturated carbocycles. The van der Waals surface area contributed by atoms with Crippen LogP contribution in [0.5, 0.6) is 11.5 Å². The van der Waals surface area contributed by atoms with Gasteiger partial charge in [0.05, 0.1) is 30.7 Å². The number of methoxy groups -OCH3 is 1. The molecule has 0 saturated heterocycles. The van der Waals surface area contributed by atoms with Crippen molar-refractivity contribution in [2.75, 3.05) is 13.7 Å². The van der Waals surface area contributed by atoms with Crippen molar-refractivity contribution in [2.24, 2.45) is 5.10 Å². The van der Waals surface area contributed by atoms with Gasteiger partial charge in [-0.3, -0.25) is 0 Å². The number of ether oxygens (including phenoxy) is 2. The van der Waals surface area contributed by atoms with Crippen LogP contribution in [-0.2, 0) is 0 Å². The second-order valence-corrected chi connectivity index (χ2v) is 6.09. The summed E-state index contributed by atoms with van der Waals surface area (Å²) < 4.78 is 19.0. The molecule has 0 amide bonds. The minimum absolute atomic E-state index is 0.361. The first-order valence-corrected chi connectivity index (χ1v) is 8.60. The maximum atomic E-state index is 5.59. The molecule has 0 atom stereocenters. The van der Waals surface area contributed by atoms with Crippen molar-refractivity contribution in [1.82, 2.24) is 14.9 Å². The number of H-pyrrole nitrogens is 1. The molecule has 0 spiro atoms. The maximum Gasteiger partial charge on any atom is 0.219 e. The van der Waals surface area contributed by atoms with Gasteiger partial charge in [-0.05, 0) is 64.9 Å². The van der Waals surface area contributed by atoms with E-state index in [4.69, 9.17) is 26.1 Å². The Morgan fingerprint density at radius 3 is 3.00 bits per heavy atom. The molecule has 1 N–H and O–H groups in total. The third kappa shape index (κ3) is 3.67. The summed E-state index contributed by atoms with van der Waals surface area (Å²) in [5.41, 5.74) is 0.806. The average Bonchev–Trinajstić information content (AvgIpc) is 3.24. The molecule has 0 radical (unpaired) electrons. The highest BCUT2D eigenvalue weighted by molar-refractivity contribution is 9.10. The molecule has 3 aromatic rings. The maximum absolute atomic E-state index is 5.59.